The summed E-state index contributed by atoms with van der Waals surface area (Å²) >= 11 is 11.7. The van der Waals surface area contributed by atoms with Crippen LogP contribution in [-0.4, -0.2) is 23.4 Å². The van der Waals surface area contributed by atoms with Crippen molar-refractivity contribution in [3.63, 3.8) is 0 Å². The third kappa shape index (κ3) is 3.53. The van der Waals surface area contributed by atoms with Crippen molar-refractivity contribution in [3.8, 4) is 11.5 Å². The summed E-state index contributed by atoms with van der Waals surface area (Å²) in [4.78, 5) is 4.00. The Morgan fingerprint density at radius 1 is 1.35 bits per heavy atom. The van der Waals surface area contributed by atoms with Gasteiger partial charge in [-0.3, -0.25) is 5.43 Å². The average Bonchev–Trinajstić information content (AvgIpc) is 2.43. The zero-order chi connectivity index (χ0) is 14.5. The van der Waals surface area contributed by atoms with Gasteiger partial charge in [0.05, 0.1) is 23.4 Å². The standard InChI is InChI=1S/C13H11Cl2N3O2/c1-20-12-4-8(2-3-11(12)19)6-17-18-13-10(15)5-9(14)7-16-13/h2-7,19H,1H3,(H,16,18). The largest absolute Gasteiger partial charge is 0.504 e. The Balaban J connectivity index is 2.10. The van der Waals surface area contributed by atoms with Crippen molar-refractivity contribution in [2.24, 2.45) is 5.10 Å². The van der Waals surface area contributed by atoms with Gasteiger partial charge in [-0.05, 0) is 29.8 Å². The number of hydrazone groups is 1. The van der Waals surface area contributed by atoms with Crippen LogP contribution < -0.4 is 10.2 Å². The molecule has 1 aromatic carbocycles. The van der Waals surface area contributed by atoms with Crippen LogP contribution in [0.4, 0.5) is 5.82 Å². The number of phenols is 1. The quantitative estimate of drug-likeness (QED) is 0.669. The van der Waals surface area contributed by atoms with Gasteiger partial charge >= 0.3 is 0 Å². The molecule has 0 bridgehead atoms. The number of hydrogen-bond donors (Lipinski definition) is 2. The number of aromatic hydroxyl groups is 1. The summed E-state index contributed by atoms with van der Waals surface area (Å²) in [6, 6.07) is 6.43. The molecule has 0 aliphatic rings. The predicted molar refractivity (Wildman–Crippen MR) is 80.1 cm³/mol. The van der Waals surface area contributed by atoms with Crippen molar-refractivity contribution in [2.75, 3.05) is 12.5 Å². The lowest BCUT2D eigenvalue weighted by atomic mass is 10.2. The molecule has 0 fully saturated rings. The van der Waals surface area contributed by atoms with Crippen LogP contribution in [0.25, 0.3) is 0 Å². The highest BCUT2D eigenvalue weighted by atomic mass is 35.5. The summed E-state index contributed by atoms with van der Waals surface area (Å²) in [6.45, 7) is 0. The summed E-state index contributed by atoms with van der Waals surface area (Å²) in [5.41, 5.74) is 3.45. The summed E-state index contributed by atoms with van der Waals surface area (Å²) in [6.07, 6.45) is 3.02. The van der Waals surface area contributed by atoms with Crippen molar-refractivity contribution >= 4 is 35.2 Å². The third-order valence-electron chi connectivity index (χ3n) is 2.40. The number of rotatable bonds is 4. The maximum Gasteiger partial charge on any atom is 0.165 e. The first kappa shape index (κ1) is 14.4. The lowest BCUT2D eigenvalue weighted by Gasteiger charge is -2.04. The van der Waals surface area contributed by atoms with Gasteiger partial charge in [0.25, 0.3) is 0 Å². The number of aromatic nitrogens is 1. The first-order chi connectivity index (χ1) is 9.60. The Kier molecular flexibility index (Phi) is 4.65. The van der Waals surface area contributed by atoms with Crippen LogP contribution in [-0.2, 0) is 0 Å². The summed E-state index contributed by atoms with van der Waals surface area (Å²) in [7, 11) is 1.48. The van der Waals surface area contributed by atoms with Gasteiger partial charge in [-0.15, -0.1) is 0 Å². The van der Waals surface area contributed by atoms with Gasteiger partial charge in [0.2, 0.25) is 0 Å². The van der Waals surface area contributed by atoms with E-state index in [-0.39, 0.29) is 5.75 Å². The molecular formula is C13H11Cl2N3O2. The molecule has 0 aliphatic carbocycles. The lowest BCUT2D eigenvalue weighted by molar-refractivity contribution is 0.373. The van der Waals surface area contributed by atoms with Crippen molar-refractivity contribution in [3.05, 3.63) is 46.1 Å². The van der Waals surface area contributed by atoms with E-state index < -0.39 is 0 Å². The van der Waals surface area contributed by atoms with Gasteiger partial charge in [0, 0.05) is 6.20 Å². The minimum absolute atomic E-state index is 0.0695. The normalized spacial score (nSPS) is 10.8. The molecule has 2 aromatic rings. The molecule has 0 radical (unpaired) electrons. The summed E-state index contributed by atoms with van der Waals surface area (Å²) < 4.78 is 5.00. The summed E-state index contributed by atoms with van der Waals surface area (Å²) in [5.74, 6) is 0.842. The highest BCUT2D eigenvalue weighted by Gasteiger charge is 2.02. The van der Waals surface area contributed by atoms with Gasteiger partial charge in [-0.1, -0.05) is 23.2 Å². The van der Waals surface area contributed by atoms with Crippen molar-refractivity contribution in [1.82, 2.24) is 4.98 Å². The topological polar surface area (TPSA) is 66.7 Å². The molecule has 5 nitrogen and oxygen atoms in total. The van der Waals surface area contributed by atoms with Crippen LogP contribution in [0.15, 0.2) is 35.6 Å². The van der Waals surface area contributed by atoms with Crippen LogP contribution in [0.1, 0.15) is 5.56 Å². The van der Waals surface area contributed by atoms with E-state index in [0.717, 1.165) is 5.56 Å². The number of methoxy groups -OCH3 is 1. The SMILES string of the molecule is COc1cc(C=NNc2ncc(Cl)cc2Cl)ccc1O. The zero-order valence-corrected chi connectivity index (χ0v) is 12.0. The average molecular weight is 312 g/mol. The van der Waals surface area contributed by atoms with E-state index in [1.54, 1.807) is 24.4 Å². The van der Waals surface area contributed by atoms with Crippen LogP contribution in [0.3, 0.4) is 0 Å². The molecule has 2 rings (SSSR count). The Bertz CT molecular complexity index is 648. The first-order valence-corrected chi connectivity index (χ1v) is 6.33. The molecule has 0 saturated carbocycles. The minimum Gasteiger partial charge on any atom is -0.504 e. The number of benzene rings is 1. The van der Waals surface area contributed by atoms with Crippen molar-refractivity contribution in [2.45, 2.75) is 0 Å². The molecule has 0 spiro atoms. The molecule has 7 heteroatoms. The zero-order valence-electron chi connectivity index (χ0n) is 10.5. The Labute approximate surface area is 125 Å². The number of phenolic OH excluding ortho intramolecular Hbond substituents is 1. The molecule has 104 valence electrons. The van der Waals surface area contributed by atoms with E-state index in [4.69, 9.17) is 27.9 Å². The fraction of sp³-hybridized carbons (Fsp3) is 0.0769. The third-order valence-corrected chi connectivity index (χ3v) is 2.89. The van der Waals surface area contributed by atoms with Crippen molar-refractivity contribution in [1.29, 1.82) is 0 Å². The van der Waals surface area contributed by atoms with Crippen molar-refractivity contribution < 1.29 is 9.84 Å². The molecule has 0 atom stereocenters. The second-order valence-electron chi connectivity index (χ2n) is 3.79. The summed E-state index contributed by atoms with van der Waals surface area (Å²) in [5, 5.41) is 14.3. The Morgan fingerprint density at radius 2 is 2.15 bits per heavy atom. The van der Waals surface area contributed by atoms with E-state index >= 15 is 0 Å². The van der Waals surface area contributed by atoms with E-state index in [9.17, 15) is 5.11 Å². The van der Waals surface area contributed by atoms with E-state index in [1.807, 2.05) is 0 Å². The number of nitrogens with zero attached hydrogens (tertiary/aromatic N) is 2. The van der Waals surface area contributed by atoms with Gasteiger partial charge in [-0.2, -0.15) is 5.10 Å². The number of halogens is 2. The molecule has 1 aromatic heterocycles. The number of ether oxygens (including phenoxy) is 1. The van der Waals surface area contributed by atoms with E-state index in [1.165, 1.54) is 19.4 Å². The van der Waals surface area contributed by atoms with Crippen LogP contribution in [0.2, 0.25) is 10.0 Å². The number of anilines is 1. The van der Waals surface area contributed by atoms with Crippen LogP contribution in [0.5, 0.6) is 11.5 Å². The Hall–Kier alpha value is -1.98. The maximum atomic E-state index is 9.48. The second-order valence-corrected chi connectivity index (χ2v) is 4.63. The Morgan fingerprint density at radius 3 is 2.85 bits per heavy atom. The number of nitrogens with one attached hydrogen (secondary N) is 1. The monoisotopic (exact) mass is 311 g/mol. The molecule has 1 heterocycles. The van der Waals surface area contributed by atoms with Gasteiger partial charge in [0.1, 0.15) is 0 Å². The smallest absolute Gasteiger partial charge is 0.165 e. The fourth-order valence-corrected chi connectivity index (χ4v) is 1.86. The molecule has 0 amide bonds. The molecule has 20 heavy (non-hydrogen) atoms. The maximum absolute atomic E-state index is 9.48. The first-order valence-electron chi connectivity index (χ1n) is 5.57. The highest BCUT2D eigenvalue weighted by molar-refractivity contribution is 6.35. The van der Waals surface area contributed by atoms with Gasteiger partial charge in [0.15, 0.2) is 17.3 Å². The van der Waals surface area contributed by atoms with Gasteiger partial charge < -0.3 is 9.84 Å². The van der Waals surface area contributed by atoms with Gasteiger partial charge in [-0.25, -0.2) is 4.98 Å². The number of hydrogen-bond acceptors (Lipinski definition) is 5. The molecule has 0 saturated heterocycles. The molecule has 0 aliphatic heterocycles. The van der Waals surface area contributed by atoms with E-state index in [2.05, 4.69) is 15.5 Å². The van der Waals surface area contributed by atoms with Crippen LogP contribution >= 0.6 is 23.2 Å². The molecule has 0 unspecified atom stereocenters. The fourth-order valence-electron chi connectivity index (χ4n) is 1.44. The number of pyridine rings is 1. The lowest BCUT2D eigenvalue weighted by Crippen LogP contribution is -1.94. The molecular weight excluding hydrogens is 301 g/mol. The van der Waals surface area contributed by atoms with Crippen LogP contribution in [0, 0.1) is 0 Å². The minimum atomic E-state index is 0.0695. The second kappa shape index (κ2) is 6.45. The molecule has 2 N–H and O–H groups in total. The van der Waals surface area contributed by atoms with E-state index in [0.29, 0.717) is 21.6 Å². The predicted octanol–water partition coefficient (Wildman–Crippen LogP) is 3.55. The highest BCUT2D eigenvalue weighted by Crippen LogP contribution is 2.26.